The van der Waals surface area contributed by atoms with E-state index < -0.39 is 12.1 Å². The first kappa shape index (κ1) is 11.1. The van der Waals surface area contributed by atoms with Crippen molar-refractivity contribution < 1.29 is 13.5 Å². The molecule has 0 amide bonds. The maximum atomic E-state index is 12.4. The zero-order valence-electron chi connectivity index (χ0n) is 7.43. The summed E-state index contributed by atoms with van der Waals surface area (Å²) in [6.07, 6.45) is -1.53. The molecule has 1 aromatic heterocycles. The Bertz CT molecular complexity index is 333. The minimum atomic E-state index is -2.68. The number of nitrogens with two attached hydrogens (primary N) is 1. The number of halogens is 3. The van der Waals surface area contributed by atoms with Gasteiger partial charge in [0.05, 0.1) is 18.3 Å². The molecule has 0 fully saturated rings. The zero-order chi connectivity index (χ0) is 10.7. The van der Waals surface area contributed by atoms with Crippen LogP contribution in [-0.4, -0.2) is 12.1 Å². The lowest BCUT2D eigenvalue weighted by Gasteiger charge is -2.10. The van der Waals surface area contributed by atoms with Crippen molar-refractivity contribution in [1.82, 2.24) is 4.98 Å². The lowest BCUT2D eigenvalue weighted by atomic mass is 10.2. The summed E-state index contributed by atoms with van der Waals surface area (Å²) in [5.41, 5.74) is 5.03. The largest absolute Gasteiger partial charge is 0.494 e. The molecule has 1 aromatic rings. The number of methoxy groups -OCH3 is 1. The summed E-state index contributed by atoms with van der Waals surface area (Å²) in [7, 11) is 1.38. The van der Waals surface area contributed by atoms with Crippen molar-refractivity contribution in [3.8, 4) is 5.75 Å². The van der Waals surface area contributed by atoms with Crippen LogP contribution in [0.3, 0.4) is 0 Å². The van der Waals surface area contributed by atoms with Crippen LogP contribution in [0.2, 0.25) is 5.02 Å². The molecule has 0 aliphatic carbocycles. The molecule has 0 spiro atoms. The number of nitrogens with zero attached hydrogens (tertiary/aromatic N) is 1. The van der Waals surface area contributed by atoms with Crippen LogP contribution < -0.4 is 10.5 Å². The van der Waals surface area contributed by atoms with E-state index in [0.717, 1.165) is 6.20 Å². The first-order valence-corrected chi connectivity index (χ1v) is 4.19. The van der Waals surface area contributed by atoms with Gasteiger partial charge in [-0.05, 0) is 0 Å². The van der Waals surface area contributed by atoms with Gasteiger partial charge in [0.15, 0.2) is 5.75 Å². The van der Waals surface area contributed by atoms with E-state index in [-0.39, 0.29) is 22.9 Å². The second-order valence-electron chi connectivity index (χ2n) is 2.51. The van der Waals surface area contributed by atoms with Crippen LogP contribution in [0, 0.1) is 0 Å². The Morgan fingerprint density at radius 2 is 2.29 bits per heavy atom. The van der Waals surface area contributed by atoms with Gasteiger partial charge in [-0.25, -0.2) is 8.78 Å². The van der Waals surface area contributed by atoms with Crippen LogP contribution in [-0.2, 0) is 6.54 Å². The molecule has 1 rings (SSSR count). The van der Waals surface area contributed by atoms with Crippen molar-refractivity contribution in [2.75, 3.05) is 7.11 Å². The summed E-state index contributed by atoms with van der Waals surface area (Å²) in [6, 6.07) is 0. The molecule has 0 bridgehead atoms. The Labute approximate surface area is 84.8 Å². The Hall–Kier alpha value is -0.940. The van der Waals surface area contributed by atoms with Crippen molar-refractivity contribution in [3.63, 3.8) is 0 Å². The molecule has 78 valence electrons. The Morgan fingerprint density at radius 1 is 1.64 bits per heavy atom. The molecule has 0 saturated carbocycles. The highest BCUT2D eigenvalue weighted by atomic mass is 35.5. The van der Waals surface area contributed by atoms with Crippen molar-refractivity contribution in [2.24, 2.45) is 5.73 Å². The van der Waals surface area contributed by atoms with Crippen molar-refractivity contribution in [1.29, 1.82) is 0 Å². The van der Waals surface area contributed by atoms with Crippen LogP contribution in [0.15, 0.2) is 6.20 Å². The predicted octanol–water partition coefficient (Wildman–Crippen LogP) is 2.14. The molecule has 1 heterocycles. The van der Waals surface area contributed by atoms with E-state index >= 15 is 0 Å². The topological polar surface area (TPSA) is 48.1 Å². The molecular weight excluding hydrogens is 214 g/mol. The van der Waals surface area contributed by atoms with E-state index in [9.17, 15) is 8.78 Å². The molecule has 2 N–H and O–H groups in total. The number of alkyl halides is 2. The SMILES string of the molecule is COc1cnc(C(F)F)c(CN)c1Cl. The van der Waals surface area contributed by atoms with Crippen LogP contribution in [0.25, 0.3) is 0 Å². The quantitative estimate of drug-likeness (QED) is 0.853. The number of ether oxygens (including phenoxy) is 1. The summed E-state index contributed by atoms with van der Waals surface area (Å²) in [5.74, 6) is 0.247. The predicted molar refractivity (Wildman–Crippen MR) is 48.6 cm³/mol. The molecule has 0 aliphatic rings. The van der Waals surface area contributed by atoms with Crippen molar-refractivity contribution in [2.45, 2.75) is 13.0 Å². The average molecular weight is 223 g/mol. The zero-order valence-corrected chi connectivity index (χ0v) is 8.18. The summed E-state index contributed by atoms with van der Waals surface area (Å²) in [4.78, 5) is 3.54. The summed E-state index contributed by atoms with van der Waals surface area (Å²) < 4.78 is 29.7. The lowest BCUT2D eigenvalue weighted by molar-refractivity contribution is 0.144. The van der Waals surface area contributed by atoms with E-state index in [0.29, 0.717) is 0 Å². The van der Waals surface area contributed by atoms with Crippen LogP contribution in [0.5, 0.6) is 5.75 Å². The van der Waals surface area contributed by atoms with Gasteiger partial charge in [0.2, 0.25) is 0 Å². The van der Waals surface area contributed by atoms with Gasteiger partial charge < -0.3 is 10.5 Å². The molecule has 0 unspecified atom stereocenters. The normalized spacial score (nSPS) is 10.7. The number of hydrogen-bond donors (Lipinski definition) is 1. The van der Waals surface area contributed by atoms with Gasteiger partial charge in [-0.15, -0.1) is 0 Å². The molecule has 0 saturated heterocycles. The minimum Gasteiger partial charge on any atom is -0.494 e. The average Bonchev–Trinajstić information content (AvgIpc) is 2.17. The fraction of sp³-hybridized carbons (Fsp3) is 0.375. The highest BCUT2D eigenvalue weighted by Crippen LogP contribution is 2.32. The molecule has 3 nitrogen and oxygen atoms in total. The third-order valence-corrected chi connectivity index (χ3v) is 2.16. The maximum absolute atomic E-state index is 12.4. The highest BCUT2D eigenvalue weighted by Gasteiger charge is 2.19. The monoisotopic (exact) mass is 222 g/mol. The van der Waals surface area contributed by atoms with Gasteiger partial charge in [0, 0.05) is 12.1 Å². The Balaban J connectivity index is 3.28. The molecule has 0 radical (unpaired) electrons. The second kappa shape index (κ2) is 4.52. The first-order chi connectivity index (χ1) is 6.61. The molecule has 0 aliphatic heterocycles. The van der Waals surface area contributed by atoms with E-state index in [2.05, 4.69) is 4.98 Å². The standard InChI is InChI=1S/C8H9ClF2N2O/c1-14-5-3-13-7(8(10)11)4(2-12)6(5)9/h3,8H,2,12H2,1H3. The van der Waals surface area contributed by atoms with E-state index in [1.165, 1.54) is 7.11 Å². The Morgan fingerprint density at radius 3 is 2.71 bits per heavy atom. The molecular formula is C8H9ClF2N2O. The summed E-state index contributed by atoms with van der Waals surface area (Å²) in [5, 5.41) is 0.0975. The van der Waals surface area contributed by atoms with Gasteiger partial charge in [0.1, 0.15) is 5.69 Å². The first-order valence-electron chi connectivity index (χ1n) is 3.81. The maximum Gasteiger partial charge on any atom is 0.280 e. The van der Waals surface area contributed by atoms with Crippen molar-refractivity contribution in [3.05, 3.63) is 22.5 Å². The smallest absolute Gasteiger partial charge is 0.280 e. The molecule has 0 aromatic carbocycles. The van der Waals surface area contributed by atoms with E-state index in [1.807, 2.05) is 0 Å². The minimum absolute atomic E-state index is 0.0945. The van der Waals surface area contributed by atoms with Crippen LogP contribution >= 0.6 is 11.6 Å². The third-order valence-electron chi connectivity index (χ3n) is 1.74. The molecule has 0 atom stereocenters. The van der Waals surface area contributed by atoms with Gasteiger partial charge in [-0.2, -0.15) is 0 Å². The summed E-state index contributed by atoms with van der Waals surface area (Å²) in [6.45, 7) is -0.0945. The van der Waals surface area contributed by atoms with Gasteiger partial charge in [0.25, 0.3) is 6.43 Å². The lowest BCUT2D eigenvalue weighted by Crippen LogP contribution is -2.06. The van der Waals surface area contributed by atoms with Crippen LogP contribution in [0.1, 0.15) is 17.7 Å². The molecule has 14 heavy (non-hydrogen) atoms. The highest BCUT2D eigenvalue weighted by molar-refractivity contribution is 6.32. The number of aromatic nitrogens is 1. The summed E-state index contributed by atoms with van der Waals surface area (Å²) >= 11 is 5.78. The van der Waals surface area contributed by atoms with E-state index in [4.69, 9.17) is 22.1 Å². The van der Waals surface area contributed by atoms with Gasteiger partial charge >= 0.3 is 0 Å². The van der Waals surface area contributed by atoms with E-state index in [1.54, 1.807) is 0 Å². The van der Waals surface area contributed by atoms with Crippen molar-refractivity contribution >= 4 is 11.6 Å². The number of rotatable bonds is 3. The second-order valence-corrected chi connectivity index (χ2v) is 2.89. The Kier molecular flexibility index (Phi) is 3.60. The fourth-order valence-electron chi connectivity index (χ4n) is 1.05. The molecule has 6 heteroatoms. The number of hydrogen-bond acceptors (Lipinski definition) is 3. The fourth-order valence-corrected chi connectivity index (χ4v) is 1.35. The van der Waals surface area contributed by atoms with Gasteiger partial charge in [-0.3, -0.25) is 4.98 Å². The van der Waals surface area contributed by atoms with Crippen LogP contribution in [0.4, 0.5) is 8.78 Å². The van der Waals surface area contributed by atoms with Gasteiger partial charge in [-0.1, -0.05) is 11.6 Å². The third kappa shape index (κ3) is 1.93. The number of pyridine rings is 1.